The van der Waals surface area contributed by atoms with Crippen LogP contribution in [0.25, 0.3) is 11.0 Å². The van der Waals surface area contributed by atoms with Gasteiger partial charge in [0.15, 0.2) is 0 Å². The van der Waals surface area contributed by atoms with E-state index in [1.165, 1.54) is 24.1 Å². The number of aromatic nitrogens is 2. The number of alkyl halides is 4. The molecule has 1 aromatic carbocycles. The molecule has 2 aliphatic heterocycles. The summed E-state index contributed by atoms with van der Waals surface area (Å²) in [6, 6.07) is 9.43. The summed E-state index contributed by atoms with van der Waals surface area (Å²) in [5.41, 5.74) is 5.09. The molecule has 0 aliphatic carbocycles. The highest BCUT2D eigenvalue weighted by Gasteiger charge is 2.34. The van der Waals surface area contributed by atoms with Gasteiger partial charge in [0.1, 0.15) is 6.67 Å². The number of hydrogen-bond donors (Lipinski definition) is 0. The molecule has 2 aromatic heterocycles. The van der Waals surface area contributed by atoms with Crippen LogP contribution in [-0.2, 0) is 32.2 Å². The molecular weight excluding hydrogens is 406 g/mol. The average molecular weight is 431 g/mol. The van der Waals surface area contributed by atoms with Gasteiger partial charge in [-0.1, -0.05) is 18.6 Å². The molecule has 1 unspecified atom stereocenters. The fraction of sp³-hybridized carbons (Fsp3) is 0.458. The number of fused-ring (bicyclic) bond motifs is 5. The lowest BCUT2D eigenvalue weighted by molar-refractivity contribution is -0.137. The van der Waals surface area contributed by atoms with Gasteiger partial charge in [-0.25, -0.2) is 9.37 Å². The molecule has 0 amide bonds. The normalized spacial score (nSPS) is 19.4. The van der Waals surface area contributed by atoms with Crippen LogP contribution in [0.1, 0.15) is 53.4 Å². The Morgan fingerprint density at radius 1 is 1.00 bits per heavy atom. The molecule has 0 N–H and O–H groups in total. The second-order valence-electron chi connectivity index (χ2n) is 8.56. The van der Waals surface area contributed by atoms with Crippen molar-refractivity contribution in [3.05, 3.63) is 64.5 Å². The SMILES string of the molecule is FCc1ccc2c(n1)c1c(n2CCc2ccc(C(F)(F)F)cc2)CCN2CCCCC12. The number of pyridine rings is 1. The van der Waals surface area contributed by atoms with E-state index in [1.54, 1.807) is 18.2 Å². The van der Waals surface area contributed by atoms with Crippen molar-refractivity contribution in [3.8, 4) is 0 Å². The van der Waals surface area contributed by atoms with Gasteiger partial charge in [0, 0.05) is 36.8 Å². The molecule has 1 atom stereocenters. The van der Waals surface area contributed by atoms with Crippen LogP contribution in [0.2, 0.25) is 0 Å². The summed E-state index contributed by atoms with van der Waals surface area (Å²) in [5, 5.41) is 0. The predicted octanol–water partition coefficient (Wildman–Crippen LogP) is 5.85. The van der Waals surface area contributed by atoms with Gasteiger partial charge in [0.05, 0.1) is 22.3 Å². The van der Waals surface area contributed by atoms with E-state index in [0.29, 0.717) is 24.7 Å². The van der Waals surface area contributed by atoms with Crippen molar-refractivity contribution >= 4 is 11.0 Å². The van der Waals surface area contributed by atoms with E-state index in [1.807, 2.05) is 6.07 Å². The largest absolute Gasteiger partial charge is 0.416 e. The Balaban J connectivity index is 1.50. The molecule has 164 valence electrons. The molecule has 2 aliphatic rings. The standard InChI is InChI=1S/C24H25F4N3/c25-15-18-8-9-21-23(29-18)22-19-3-1-2-12-30(19)13-11-20(22)31(21)14-10-16-4-6-17(7-5-16)24(26,27)28/h4-9,19H,1-3,10-15H2. The highest BCUT2D eigenvalue weighted by atomic mass is 19.4. The molecule has 0 spiro atoms. The number of aryl methyl sites for hydroxylation is 2. The fourth-order valence-corrected chi connectivity index (χ4v) is 5.22. The first kappa shape index (κ1) is 20.5. The maximum absolute atomic E-state index is 13.4. The van der Waals surface area contributed by atoms with Gasteiger partial charge in [0.25, 0.3) is 0 Å². The minimum atomic E-state index is -4.32. The minimum Gasteiger partial charge on any atom is -0.343 e. The number of nitrogens with zero attached hydrogens (tertiary/aromatic N) is 3. The molecule has 1 saturated heterocycles. The van der Waals surface area contributed by atoms with E-state index < -0.39 is 18.4 Å². The number of hydrogen-bond acceptors (Lipinski definition) is 2. The molecule has 4 heterocycles. The van der Waals surface area contributed by atoms with Gasteiger partial charge in [-0.05, 0) is 55.6 Å². The second-order valence-corrected chi connectivity index (χ2v) is 8.56. The Morgan fingerprint density at radius 2 is 1.81 bits per heavy atom. The summed E-state index contributed by atoms with van der Waals surface area (Å²) < 4.78 is 54.2. The molecule has 0 saturated carbocycles. The van der Waals surface area contributed by atoms with E-state index >= 15 is 0 Å². The average Bonchev–Trinajstić information content (AvgIpc) is 3.10. The maximum Gasteiger partial charge on any atom is 0.416 e. The Labute approximate surface area is 178 Å². The number of rotatable bonds is 4. The van der Waals surface area contributed by atoms with Crippen LogP contribution in [0.15, 0.2) is 36.4 Å². The van der Waals surface area contributed by atoms with Gasteiger partial charge in [-0.15, -0.1) is 0 Å². The molecule has 0 bridgehead atoms. The lowest BCUT2D eigenvalue weighted by Gasteiger charge is -2.39. The first-order valence-electron chi connectivity index (χ1n) is 10.9. The molecule has 5 rings (SSSR count). The lowest BCUT2D eigenvalue weighted by atomic mass is 9.90. The Morgan fingerprint density at radius 3 is 2.55 bits per heavy atom. The summed E-state index contributed by atoms with van der Waals surface area (Å²) in [4.78, 5) is 7.19. The molecule has 0 radical (unpaired) electrons. The second kappa shape index (κ2) is 7.93. The van der Waals surface area contributed by atoms with Crippen LogP contribution in [0.3, 0.4) is 0 Å². The van der Waals surface area contributed by atoms with E-state index in [0.717, 1.165) is 54.7 Å². The Bertz CT molecular complexity index is 1080. The highest BCUT2D eigenvalue weighted by Crippen LogP contribution is 2.41. The summed E-state index contributed by atoms with van der Waals surface area (Å²) in [5.74, 6) is 0. The number of benzene rings is 1. The summed E-state index contributed by atoms with van der Waals surface area (Å²) >= 11 is 0. The van der Waals surface area contributed by atoms with Crippen LogP contribution >= 0.6 is 0 Å². The van der Waals surface area contributed by atoms with E-state index in [-0.39, 0.29) is 0 Å². The molecule has 1 fully saturated rings. The van der Waals surface area contributed by atoms with Crippen molar-refractivity contribution in [3.63, 3.8) is 0 Å². The van der Waals surface area contributed by atoms with Crippen molar-refractivity contribution in [2.75, 3.05) is 13.1 Å². The molecule has 3 aromatic rings. The van der Waals surface area contributed by atoms with Crippen LogP contribution in [0.4, 0.5) is 17.6 Å². The van der Waals surface area contributed by atoms with Gasteiger partial charge in [-0.3, -0.25) is 4.90 Å². The zero-order valence-corrected chi connectivity index (χ0v) is 17.3. The molecule has 3 nitrogen and oxygen atoms in total. The first-order chi connectivity index (χ1) is 15.0. The topological polar surface area (TPSA) is 21.1 Å². The van der Waals surface area contributed by atoms with Crippen molar-refractivity contribution in [1.29, 1.82) is 0 Å². The Hall–Kier alpha value is -2.41. The minimum absolute atomic E-state index is 0.328. The van der Waals surface area contributed by atoms with E-state index in [9.17, 15) is 17.6 Å². The summed E-state index contributed by atoms with van der Waals surface area (Å²) in [7, 11) is 0. The summed E-state index contributed by atoms with van der Waals surface area (Å²) in [6.07, 6.45) is 0.712. The van der Waals surface area contributed by atoms with E-state index in [2.05, 4.69) is 14.5 Å². The number of piperidine rings is 1. The van der Waals surface area contributed by atoms with Gasteiger partial charge >= 0.3 is 6.18 Å². The zero-order valence-electron chi connectivity index (χ0n) is 17.3. The third kappa shape index (κ3) is 3.73. The number of halogens is 4. The maximum atomic E-state index is 13.4. The van der Waals surface area contributed by atoms with Crippen LogP contribution in [0.5, 0.6) is 0 Å². The van der Waals surface area contributed by atoms with E-state index in [4.69, 9.17) is 0 Å². The lowest BCUT2D eigenvalue weighted by Crippen LogP contribution is -2.39. The van der Waals surface area contributed by atoms with Crippen molar-refractivity contribution in [1.82, 2.24) is 14.5 Å². The van der Waals surface area contributed by atoms with Crippen molar-refractivity contribution in [2.45, 2.75) is 57.5 Å². The third-order valence-corrected chi connectivity index (χ3v) is 6.74. The van der Waals surface area contributed by atoms with Crippen LogP contribution < -0.4 is 0 Å². The van der Waals surface area contributed by atoms with Crippen molar-refractivity contribution < 1.29 is 17.6 Å². The van der Waals surface area contributed by atoms with Crippen LogP contribution in [0, 0.1) is 0 Å². The fourth-order valence-electron chi connectivity index (χ4n) is 5.22. The van der Waals surface area contributed by atoms with Gasteiger partial charge in [0.2, 0.25) is 0 Å². The molecular formula is C24H25F4N3. The Kier molecular flexibility index (Phi) is 5.24. The highest BCUT2D eigenvalue weighted by molar-refractivity contribution is 5.83. The zero-order chi connectivity index (χ0) is 21.6. The van der Waals surface area contributed by atoms with Crippen molar-refractivity contribution in [2.24, 2.45) is 0 Å². The smallest absolute Gasteiger partial charge is 0.343 e. The first-order valence-corrected chi connectivity index (χ1v) is 10.9. The predicted molar refractivity (Wildman–Crippen MR) is 112 cm³/mol. The quantitative estimate of drug-likeness (QED) is 0.483. The van der Waals surface area contributed by atoms with Gasteiger partial charge < -0.3 is 4.57 Å². The molecule has 7 heteroatoms. The van der Waals surface area contributed by atoms with Gasteiger partial charge in [-0.2, -0.15) is 13.2 Å². The summed E-state index contributed by atoms with van der Waals surface area (Å²) in [6.45, 7) is 2.17. The molecule has 31 heavy (non-hydrogen) atoms. The monoisotopic (exact) mass is 431 g/mol. The third-order valence-electron chi connectivity index (χ3n) is 6.74. The van der Waals surface area contributed by atoms with Crippen LogP contribution in [-0.4, -0.2) is 27.5 Å².